The lowest BCUT2D eigenvalue weighted by atomic mass is 10.1. The highest BCUT2D eigenvalue weighted by molar-refractivity contribution is 6.05. The van der Waals surface area contributed by atoms with Crippen LogP contribution in [0.5, 0.6) is 0 Å². The first-order chi connectivity index (χ1) is 11.0. The monoisotopic (exact) mass is 313 g/mol. The van der Waals surface area contributed by atoms with Gasteiger partial charge in [0.15, 0.2) is 5.90 Å². The van der Waals surface area contributed by atoms with Crippen LogP contribution in [0.3, 0.4) is 0 Å². The zero-order valence-electron chi connectivity index (χ0n) is 12.5. The molecular weight excluding hydrogens is 297 g/mol. The van der Waals surface area contributed by atoms with Crippen LogP contribution >= 0.6 is 0 Å². The van der Waals surface area contributed by atoms with E-state index in [1.165, 1.54) is 24.3 Å². The number of benzene rings is 2. The van der Waals surface area contributed by atoms with E-state index < -0.39 is 11.7 Å². The van der Waals surface area contributed by atoms with Crippen molar-refractivity contribution in [2.24, 2.45) is 0 Å². The summed E-state index contributed by atoms with van der Waals surface area (Å²) in [5, 5.41) is 17.8. The largest absolute Gasteiger partial charge is 0.425 e. The molecule has 0 saturated carbocycles. The second-order valence-electron chi connectivity index (χ2n) is 4.72. The molecule has 2 aromatic carbocycles. The van der Waals surface area contributed by atoms with Crippen molar-refractivity contribution < 1.29 is 13.9 Å². The maximum Gasteiger partial charge on any atom is 0.258 e. The highest BCUT2D eigenvalue weighted by Crippen LogP contribution is 2.15. The molecule has 0 unspecified atom stereocenters. The smallest absolute Gasteiger partial charge is 0.258 e. The summed E-state index contributed by atoms with van der Waals surface area (Å²) in [6, 6.07) is 12.1. The zero-order chi connectivity index (χ0) is 16.8. The normalized spacial score (nSPS) is 10.0. The number of halogens is 1. The Bertz CT molecular complexity index is 759. The van der Waals surface area contributed by atoms with Gasteiger partial charge in [0.1, 0.15) is 5.82 Å². The minimum absolute atomic E-state index is 0.0178. The molecule has 0 aliphatic heterocycles. The van der Waals surface area contributed by atoms with Gasteiger partial charge in [0.25, 0.3) is 5.91 Å². The molecule has 0 spiro atoms. The number of amides is 1. The topological polar surface area (TPSA) is 86.0 Å². The highest BCUT2D eigenvalue weighted by atomic mass is 19.1. The van der Waals surface area contributed by atoms with Crippen molar-refractivity contribution >= 4 is 23.4 Å². The molecule has 0 atom stereocenters. The molecular formula is C17H16FN3O2. The van der Waals surface area contributed by atoms with Gasteiger partial charge in [0.2, 0.25) is 5.90 Å². The van der Waals surface area contributed by atoms with E-state index >= 15 is 0 Å². The Morgan fingerprint density at radius 3 is 2.61 bits per heavy atom. The summed E-state index contributed by atoms with van der Waals surface area (Å²) in [5.74, 6) is -1.38. The molecule has 2 rings (SSSR count). The fraction of sp³-hybridized carbons (Fsp3) is 0.118. The molecule has 6 heteroatoms. The highest BCUT2D eigenvalue weighted by Gasteiger charge is 2.12. The first-order valence-electron chi connectivity index (χ1n) is 7.01. The lowest BCUT2D eigenvalue weighted by Gasteiger charge is -2.09. The van der Waals surface area contributed by atoms with E-state index in [9.17, 15) is 9.18 Å². The number of rotatable bonds is 4. The van der Waals surface area contributed by atoms with Gasteiger partial charge in [-0.25, -0.2) is 4.39 Å². The van der Waals surface area contributed by atoms with E-state index in [1.807, 2.05) is 0 Å². The molecule has 0 bridgehead atoms. The molecule has 3 N–H and O–H groups in total. The number of anilines is 1. The average Bonchev–Trinajstić information content (AvgIpc) is 2.55. The van der Waals surface area contributed by atoms with E-state index in [4.69, 9.17) is 15.6 Å². The van der Waals surface area contributed by atoms with Gasteiger partial charge < -0.3 is 10.1 Å². The number of hydrogen-bond donors (Lipinski definition) is 3. The Hall–Kier alpha value is -3.02. The summed E-state index contributed by atoms with van der Waals surface area (Å²) in [4.78, 5) is 12.1. The van der Waals surface area contributed by atoms with Crippen LogP contribution < -0.4 is 5.32 Å². The Morgan fingerprint density at radius 2 is 1.91 bits per heavy atom. The molecule has 0 aromatic heterocycles. The van der Waals surface area contributed by atoms with Crippen LogP contribution in [0.15, 0.2) is 48.5 Å². The van der Waals surface area contributed by atoms with Gasteiger partial charge >= 0.3 is 0 Å². The van der Waals surface area contributed by atoms with Crippen LogP contribution in [0, 0.1) is 16.6 Å². The SMILES string of the molecule is CCC(=N)OC(=N)c1cccc(NC(=O)c2ccccc2F)c1. The third-order valence-corrected chi connectivity index (χ3v) is 3.05. The summed E-state index contributed by atoms with van der Waals surface area (Å²) in [6.45, 7) is 1.75. The minimum atomic E-state index is -0.603. The van der Waals surface area contributed by atoms with Gasteiger partial charge in [0, 0.05) is 17.7 Å². The Labute approximate surface area is 133 Å². The molecule has 2 aromatic rings. The van der Waals surface area contributed by atoms with Crippen LogP contribution in [0.25, 0.3) is 0 Å². The summed E-state index contributed by atoms with van der Waals surface area (Å²) in [7, 11) is 0. The lowest BCUT2D eigenvalue weighted by Crippen LogP contribution is -2.15. The Morgan fingerprint density at radius 1 is 1.17 bits per heavy atom. The van der Waals surface area contributed by atoms with Crippen LogP contribution in [0.4, 0.5) is 10.1 Å². The van der Waals surface area contributed by atoms with E-state index in [0.717, 1.165) is 0 Å². The third kappa shape index (κ3) is 4.23. The third-order valence-electron chi connectivity index (χ3n) is 3.05. The van der Waals surface area contributed by atoms with Crippen molar-refractivity contribution in [2.75, 3.05) is 5.32 Å². The van der Waals surface area contributed by atoms with E-state index in [0.29, 0.717) is 17.7 Å². The predicted molar refractivity (Wildman–Crippen MR) is 86.7 cm³/mol. The second-order valence-corrected chi connectivity index (χ2v) is 4.72. The maximum absolute atomic E-state index is 13.6. The molecule has 0 aliphatic carbocycles. The molecule has 0 radical (unpaired) electrons. The first kappa shape index (κ1) is 16.4. The maximum atomic E-state index is 13.6. The molecule has 0 heterocycles. The van der Waals surface area contributed by atoms with Gasteiger partial charge in [-0.2, -0.15) is 0 Å². The van der Waals surface area contributed by atoms with E-state index in [1.54, 1.807) is 31.2 Å². The number of hydrogen-bond acceptors (Lipinski definition) is 4. The minimum Gasteiger partial charge on any atom is -0.425 e. The number of ether oxygens (including phenoxy) is 1. The lowest BCUT2D eigenvalue weighted by molar-refractivity contribution is 0.102. The fourth-order valence-corrected chi connectivity index (χ4v) is 1.84. The standard InChI is InChI=1S/C17H16FN3O2/c1-2-15(19)23-16(20)11-6-5-7-12(10-11)21-17(22)13-8-3-4-9-14(13)18/h3-10,19-20H,2H2,1H3,(H,21,22). The Balaban J connectivity index is 2.14. The van der Waals surface area contributed by atoms with Crippen LogP contribution in [0.1, 0.15) is 29.3 Å². The van der Waals surface area contributed by atoms with E-state index in [2.05, 4.69) is 5.32 Å². The van der Waals surface area contributed by atoms with Crippen molar-refractivity contribution in [3.05, 3.63) is 65.5 Å². The van der Waals surface area contributed by atoms with Crippen LogP contribution in [0.2, 0.25) is 0 Å². The van der Waals surface area contributed by atoms with Crippen LogP contribution in [-0.2, 0) is 4.74 Å². The molecule has 0 aliphatic rings. The molecule has 5 nitrogen and oxygen atoms in total. The van der Waals surface area contributed by atoms with Gasteiger partial charge in [-0.15, -0.1) is 0 Å². The van der Waals surface area contributed by atoms with Crippen molar-refractivity contribution in [1.82, 2.24) is 0 Å². The summed E-state index contributed by atoms with van der Waals surface area (Å²) in [5.41, 5.74) is 0.763. The molecule has 118 valence electrons. The van der Waals surface area contributed by atoms with Gasteiger partial charge in [-0.3, -0.25) is 15.6 Å². The average molecular weight is 313 g/mol. The predicted octanol–water partition coefficient (Wildman–Crippen LogP) is 3.81. The van der Waals surface area contributed by atoms with Crippen molar-refractivity contribution in [2.45, 2.75) is 13.3 Å². The molecule has 23 heavy (non-hydrogen) atoms. The molecule has 0 saturated heterocycles. The summed E-state index contributed by atoms with van der Waals surface area (Å²) < 4.78 is 18.6. The summed E-state index contributed by atoms with van der Waals surface area (Å²) >= 11 is 0. The van der Waals surface area contributed by atoms with Crippen molar-refractivity contribution in [3.8, 4) is 0 Å². The van der Waals surface area contributed by atoms with Crippen molar-refractivity contribution in [1.29, 1.82) is 10.8 Å². The molecule has 0 fully saturated rings. The van der Waals surface area contributed by atoms with Gasteiger partial charge in [-0.1, -0.05) is 25.1 Å². The zero-order valence-corrected chi connectivity index (χ0v) is 12.5. The number of carbonyl (C=O) groups is 1. The molecule has 1 amide bonds. The van der Waals surface area contributed by atoms with Gasteiger partial charge in [0.05, 0.1) is 5.56 Å². The number of nitrogens with one attached hydrogen (secondary N) is 3. The summed E-state index contributed by atoms with van der Waals surface area (Å²) in [6.07, 6.45) is 0.381. The van der Waals surface area contributed by atoms with Gasteiger partial charge in [-0.05, 0) is 30.3 Å². The van der Waals surface area contributed by atoms with Crippen molar-refractivity contribution in [3.63, 3.8) is 0 Å². The quantitative estimate of drug-likeness (QED) is 0.592. The fourth-order valence-electron chi connectivity index (χ4n) is 1.84. The van der Waals surface area contributed by atoms with Crippen LogP contribution in [-0.4, -0.2) is 17.7 Å². The van der Waals surface area contributed by atoms with E-state index in [-0.39, 0.29) is 17.4 Å². The second kappa shape index (κ2) is 7.31. The first-order valence-corrected chi connectivity index (χ1v) is 7.01. The Kier molecular flexibility index (Phi) is 5.19. The number of carbonyl (C=O) groups excluding carboxylic acids is 1.